The SMILES string of the molecule is O=C(O)CC(NC(=O)C1CCN(C(=O)CCCNC2=NCCN2)CC1)c1cc(Cl)cc(Cl)c1. The first-order valence-electron chi connectivity index (χ1n) is 11.1. The van der Waals surface area contributed by atoms with Crippen molar-refractivity contribution in [2.24, 2.45) is 10.9 Å². The number of benzene rings is 1. The highest BCUT2D eigenvalue weighted by molar-refractivity contribution is 6.34. The number of piperidine rings is 1. The normalized spacial score (nSPS) is 17.2. The van der Waals surface area contributed by atoms with Crippen LogP contribution in [0.5, 0.6) is 0 Å². The average molecular weight is 498 g/mol. The molecule has 1 aromatic rings. The molecular formula is C22H29Cl2N5O4. The van der Waals surface area contributed by atoms with E-state index >= 15 is 0 Å². The summed E-state index contributed by atoms with van der Waals surface area (Å²) >= 11 is 12.1. The number of halogens is 2. The topological polar surface area (TPSA) is 123 Å². The highest BCUT2D eigenvalue weighted by Gasteiger charge is 2.29. The number of likely N-dealkylation sites (tertiary alicyclic amines) is 1. The number of amides is 2. The summed E-state index contributed by atoms with van der Waals surface area (Å²) in [5.74, 6) is -0.682. The molecule has 0 aliphatic carbocycles. The summed E-state index contributed by atoms with van der Waals surface area (Å²) in [6, 6.07) is 4.02. The highest BCUT2D eigenvalue weighted by Crippen LogP contribution is 2.27. The smallest absolute Gasteiger partial charge is 0.305 e. The van der Waals surface area contributed by atoms with Gasteiger partial charge in [0.1, 0.15) is 0 Å². The van der Waals surface area contributed by atoms with Gasteiger partial charge in [-0.2, -0.15) is 0 Å². The average Bonchev–Trinajstić information content (AvgIpc) is 3.29. The van der Waals surface area contributed by atoms with Crippen molar-refractivity contribution in [2.75, 3.05) is 32.7 Å². The van der Waals surface area contributed by atoms with Crippen LogP contribution in [0, 0.1) is 5.92 Å². The van der Waals surface area contributed by atoms with Gasteiger partial charge in [-0.1, -0.05) is 23.2 Å². The summed E-state index contributed by atoms with van der Waals surface area (Å²) in [7, 11) is 0. The van der Waals surface area contributed by atoms with E-state index in [2.05, 4.69) is 20.9 Å². The third kappa shape index (κ3) is 7.78. The van der Waals surface area contributed by atoms with Crippen molar-refractivity contribution in [3.05, 3.63) is 33.8 Å². The number of hydrogen-bond donors (Lipinski definition) is 4. The largest absolute Gasteiger partial charge is 0.481 e. The number of aliphatic imine (C=N–C) groups is 1. The minimum Gasteiger partial charge on any atom is -0.481 e. The van der Waals surface area contributed by atoms with Crippen LogP contribution in [0.4, 0.5) is 0 Å². The number of aliphatic carboxylic acids is 1. The summed E-state index contributed by atoms with van der Waals surface area (Å²) in [5.41, 5.74) is 0.545. The first kappa shape index (κ1) is 25.1. The van der Waals surface area contributed by atoms with Gasteiger partial charge in [-0.3, -0.25) is 19.4 Å². The Bertz CT molecular complexity index is 883. The van der Waals surface area contributed by atoms with Gasteiger partial charge < -0.3 is 26.0 Å². The first-order valence-corrected chi connectivity index (χ1v) is 11.9. The highest BCUT2D eigenvalue weighted by atomic mass is 35.5. The van der Waals surface area contributed by atoms with Crippen molar-refractivity contribution < 1.29 is 19.5 Å². The summed E-state index contributed by atoms with van der Waals surface area (Å²) in [6.07, 6.45) is 1.93. The van der Waals surface area contributed by atoms with Gasteiger partial charge in [0, 0.05) is 48.6 Å². The third-order valence-corrected chi connectivity index (χ3v) is 6.17. The molecule has 11 heteroatoms. The fourth-order valence-corrected chi connectivity index (χ4v) is 4.55. The lowest BCUT2D eigenvalue weighted by Crippen LogP contribution is -2.44. The number of guanidine groups is 1. The Morgan fingerprint density at radius 1 is 1.18 bits per heavy atom. The second kappa shape index (κ2) is 12.1. The molecule has 2 amide bonds. The quantitative estimate of drug-likeness (QED) is 0.387. The van der Waals surface area contributed by atoms with Crippen LogP contribution in [0.1, 0.15) is 43.7 Å². The fraction of sp³-hybridized carbons (Fsp3) is 0.545. The van der Waals surface area contributed by atoms with E-state index in [0.717, 1.165) is 19.0 Å². The van der Waals surface area contributed by atoms with E-state index in [1.807, 2.05) is 0 Å². The molecule has 1 fully saturated rings. The molecule has 1 unspecified atom stereocenters. The molecule has 0 radical (unpaired) electrons. The molecule has 33 heavy (non-hydrogen) atoms. The van der Waals surface area contributed by atoms with Crippen LogP contribution in [0.2, 0.25) is 10.0 Å². The van der Waals surface area contributed by atoms with Gasteiger partial charge in [-0.15, -0.1) is 0 Å². The number of nitrogens with zero attached hydrogens (tertiary/aromatic N) is 2. The van der Waals surface area contributed by atoms with Crippen LogP contribution in [-0.2, 0) is 14.4 Å². The van der Waals surface area contributed by atoms with Crippen LogP contribution in [0.25, 0.3) is 0 Å². The molecule has 0 saturated carbocycles. The van der Waals surface area contributed by atoms with Crippen LogP contribution in [0.3, 0.4) is 0 Å². The lowest BCUT2D eigenvalue weighted by atomic mass is 9.94. The number of nitrogens with one attached hydrogen (secondary N) is 3. The Labute approximate surface area is 202 Å². The zero-order chi connectivity index (χ0) is 23.8. The summed E-state index contributed by atoms with van der Waals surface area (Å²) < 4.78 is 0. The van der Waals surface area contributed by atoms with Crippen LogP contribution in [0.15, 0.2) is 23.2 Å². The molecule has 1 atom stereocenters. The second-order valence-corrected chi connectivity index (χ2v) is 9.08. The molecule has 180 valence electrons. The van der Waals surface area contributed by atoms with Crippen LogP contribution < -0.4 is 16.0 Å². The van der Waals surface area contributed by atoms with E-state index in [1.165, 1.54) is 0 Å². The first-order chi connectivity index (χ1) is 15.8. The van der Waals surface area contributed by atoms with E-state index in [0.29, 0.717) is 60.9 Å². The molecule has 3 rings (SSSR count). The van der Waals surface area contributed by atoms with E-state index in [1.54, 1.807) is 23.1 Å². The standard InChI is InChI=1S/C22H29Cl2N5O4/c23-16-10-15(11-17(24)12-16)18(13-20(31)32)28-21(33)14-3-8-29(9-4-14)19(30)2-1-5-25-22-26-6-7-27-22/h10-12,14,18H,1-9,13H2,(H,28,33)(H,31,32)(H2,25,26,27). The van der Waals surface area contributed by atoms with Gasteiger partial charge in [0.15, 0.2) is 5.96 Å². The van der Waals surface area contributed by atoms with Gasteiger partial charge in [0.05, 0.1) is 19.0 Å². The van der Waals surface area contributed by atoms with Crippen molar-refractivity contribution in [3.63, 3.8) is 0 Å². The monoisotopic (exact) mass is 497 g/mol. The number of carboxylic acid groups (broad SMARTS) is 1. The van der Waals surface area contributed by atoms with E-state index in [9.17, 15) is 19.5 Å². The van der Waals surface area contributed by atoms with Crippen molar-refractivity contribution in [3.8, 4) is 0 Å². The van der Waals surface area contributed by atoms with Gasteiger partial charge in [0.25, 0.3) is 0 Å². The maximum absolute atomic E-state index is 12.8. The summed E-state index contributed by atoms with van der Waals surface area (Å²) in [5, 5.41) is 19.2. The van der Waals surface area contributed by atoms with Crippen molar-refractivity contribution >= 4 is 46.9 Å². The predicted octanol–water partition coefficient (Wildman–Crippen LogP) is 2.19. The maximum Gasteiger partial charge on any atom is 0.305 e. The predicted molar refractivity (Wildman–Crippen MR) is 126 cm³/mol. The lowest BCUT2D eigenvalue weighted by Gasteiger charge is -2.32. The molecule has 0 aromatic heterocycles. The summed E-state index contributed by atoms with van der Waals surface area (Å²) in [6.45, 7) is 3.30. The van der Waals surface area contributed by atoms with Crippen LogP contribution >= 0.6 is 23.2 Å². The zero-order valence-corrected chi connectivity index (χ0v) is 19.8. The van der Waals surface area contributed by atoms with E-state index in [4.69, 9.17) is 23.2 Å². The second-order valence-electron chi connectivity index (χ2n) is 8.20. The molecule has 2 aliphatic rings. The van der Waals surface area contributed by atoms with Crippen LogP contribution in [-0.4, -0.2) is 66.5 Å². The third-order valence-electron chi connectivity index (χ3n) is 5.73. The maximum atomic E-state index is 12.8. The molecule has 1 saturated heterocycles. The molecule has 2 aliphatic heterocycles. The van der Waals surface area contributed by atoms with Crippen molar-refractivity contribution in [1.29, 1.82) is 0 Å². The van der Waals surface area contributed by atoms with Gasteiger partial charge >= 0.3 is 5.97 Å². The summed E-state index contributed by atoms with van der Waals surface area (Å²) in [4.78, 5) is 42.7. The minimum atomic E-state index is -1.04. The lowest BCUT2D eigenvalue weighted by molar-refractivity contribution is -0.139. The number of rotatable bonds is 9. The Balaban J connectivity index is 1.45. The number of carboxylic acids is 1. The number of carbonyl (C=O) groups excluding carboxylic acids is 2. The number of hydrogen-bond acceptors (Lipinski definition) is 6. The molecule has 4 N–H and O–H groups in total. The zero-order valence-electron chi connectivity index (χ0n) is 18.3. The Hall–Kier alpha value is -2.52. The minimum absolute atomic E-state index is 0.0781. The fourth-order valence-electron chi connectivity index (χ4n) is 4.00. The molecule has 9 nitrogen and oxygen atoms in total. The van der Waals surface area contributed by atoms with E-state index in [-0.39, 0.29) is 24.2 Å². The Morgan fingerprint density at radius 3 is 2.48 bits per heavy atom. The molecule has 0 spiro atoms. The van der Waals surface area contributed by atoms with Gasteiger partial charge in [-0.25, -0.2) is 0 Å². The van der Waals surface area contributed by atoms with Gasteiger partial charge in [0.2, 0.25) is 11.8 Å². The van der Waals surface area contributed by atoms with Gasteiger partial charge in [-0.05, 0) is 43.0 Å². The van der Waals surface area contributed by atoms with E-state index < -0.39 is 12.0 Å². The van der Waals surface area contributed by atoms with Crippen molar-refractivity contribution in [1.82, 2.24) is 20.9 Å². The molecule has 2 heterocycles. The molecule has 1 aromatic carbocycles. The Kier molecular flexibility index (Phi) is 9.20. The Morgan fingerprint density at radius 2 is 1.88 bits per heavy atom. The molecular weight excluding hydrogens is 469 g/mol. The van der Waals surface area contributed by atoms with Crippen molar-refractivity contribution in [2.45, 2.75) is 38.1 Å². The molecule has 0 bridgehead atoms. The number of carbonyl (C=O) groups is 3.